The Morgan fingerprint density at radius 3 is 2.52 bits per heavy atom. The number of carbonyl (C=O) groups is 2. The first-order valence-corrected chi connectivity index (χ1v) is 8.68. The lowest BCUT2D eigenvalue weighted by atomic mass is 10.0. The highest BCUT2D eigenvalue weighted by Crippen LogP contribution is 2.28. The monoisotopic (exact) mass is 388 g/mol. The highest BCUT2D eigenvalue weighted by atomic mass is 35.5. The van der Waals surface area contributed by atoms with Crippen molar-refractivity contribution in [3.63, 3.8) is 0 Å². The SMILES string of the molecule is CCOC(=O)[C@H](CC)/C(C)=N/NC(=O)[C@@H](C)Oc1ccc(Cl)cc1Cl. The molecule has 0 unspecified atom stereocenters. The zero-order chi connectivity index (χ0) is 19.0. The molecule has 0 spiro atoms. The lowest BCUT2D eigenvalue weighted by Gasteiger charge is -2.16. The molecular weight excluding hydrogens is 367 g/mol. The van der Waals surface area contributed by atoms with Gasteiger partial charge in [-0.25, -0.2) is 5.43 Å². The van der Waals surface area contributed by atoms with Gasteiger partial charge in [0.25, 0.3) is 5.91 Å². The normalized spacial score (nSPS) is 13.8. The number of benzene rings is 1. The molecule has 2 atom stereocenters. The molecule has 1 aromatic carbocycles. The molecule has 6 nitrogen and oxygen atoms in total. The first kappa shape index (κ1) is 21.3. The van der Waals surface area contributed by atoms with Crippen LogP contribution in [0.15, 0.2) is 23.3 Å². The minimum absolute atomic E-state index is 0.293. The van der Waals surface area contributed by atoms with Crippen LogP contribution in [0.25, 0.3) is 0 Å². The van der Waals surface area contributed by atoms with E-state index >= 15 is 0 Å². The summed E-state index contributed by atoms with van der Waals surface area (Å²) in [5.41, 5.74) is 2.86. The number of amides is 1. The summed E-state index contributed by atoms with van der Waals surface area (Å²) in [4.78, 5) is 23.9. The first-order chi connectivity index (χ1) is 11.8. The molecule has 0 saturated heterocycles. The van der Waals surface area contributed by atoms with Crippen molar-refractivity contribution in [3.8, 4) is 5.75 Å². The summed E-state index contributed by atoms with van der Waals surface area (Å²) in [6.07, 6.45) is -0.311. The third kappa shape index (κ3) is 6.55. The number of ether oxygens (including phenoxy) is 2. The molecule has 1 N–H and O–H groups in total. The van der Waals surface area contributed by atoms with Gasteiger partial charge in [-0.1, -0.05) is 30.1 Å². The molecule has 1 aromatic rings. The maximum absolute atomic E-state index is 12.1. The molecule has 1 rings (SSSR count). The van der Waals surface area contributed by atoms with Crippen LogP contribution in [0.1, 0.15) is 34.1 Å². The molecule has 0 bridgehead atoms. The standard InChI is InChI=1S/C17H22Cl2N2O4/c1-5-13(17(23)24-6-2)10(3)20-21-16(22)11(4)25-15-8-7-12(18)9-14(15)19/h7-9,11,13H,5-6H2,1-4H3,(H,21,22)/b20-10+/t11-,13-/m1/s1. The van der Waals surface area contributed by atoms with Gasteiger partial charge in [-0.2, -0.15) is 5.10 Å². The molecule has 0 heterocycles. The van der Waals surface area contributed by atoms with Crippen LogP contribution in [0.2, 0.25) is 10.0 Å². The second-order valence-corrected chi connectivity index (χ2v) is 6.12. The van der Waals surface area contributed by atoms with Gasteiger partial charge in [-0.3, -0.25) is 9.59 Å². The zero-order valence-electron chi connectivity index (χ0n) is 14.6. The summed E-state index contributed by atoms with van der Waals surface area (Å²) in [5.74, 6) is -0.989. The van der Waals surface area contributed by atoms with Crippen molar-refractivity contribution in [2.24, 2.45) is 11.0 Å². The Hall–Kier alpha value is -1.79. The number of carbonyl (C=O) groups excluding carboxylic acids is 2. The van der Waals surface area contributed by atoms with E-state index in [-0.39, 0.29) is 5.97 Å². The molecule has 0 aromatic heterocycles. The largest absolute Gasteiger partial charge is 0.479 e. The van der Waals surface area contributed by atoms with Crippen molar-refractivity contribution < 1.29 is 19.1 Å². The summed E-state index contributed by atoms with van der Waals surface area (Å²) in [6.45, 7) is 7.10. The van der Waals surface area contributed by atoms with E-state index in [2.05, 4.69) is 10.5 Å². The topological polar surface area (TPSA) is 77.0 Å². The Kier molecular flexibility index (Phi) is 8.72. The van der Waals surface area contributed by atoms with E-state index in [9.17, 15) is 9.59 Å². The number of esters is 1. The number of rotatable bonds is 8. The second kappa shape index (κ2) is 10.3. The Bertz CT molecular complexity index is 650. The van der Waals surface area contributed by atoms with Gasteiger partial charge in [0.15, 0.2) is 6.10 Å². The van der Waals surface area contributed by atoms with Gasteiger partial charge < -0.3 is 9.47 Å². The third-order valence-corrected chi connectivity index (χ3v) is 3.92. The average molecular weight is 389 g/mol. The smallest absolute Gasteiger partial charge is 0.314 e. The van der Waals surface area contributed by atoms with Gasteiger partial charge in [0.1, 0.15) is 5.75 Å². The van der Waals surface area contributed by atoms with Crippen molar-refractivity contribution in [1.82, 2.24) is 5.43 Å². The number of hydrogen-bond donors (Lipinski definition) is 1. The second-order valence-electron chi connectivity index (χ2n) is 5.28. The Labute approximate surface area is 157 Å². The van der Waals surface area contributed by atoms with E-state index in [1.807, 2.05) is 6.92 Å². The molecule has 0 aliphatic rings. The maximum atomic E-state index is 12.1. The van der Waals surface area contributed by atoms with Gasteiger partial charge in [-0.15, -0.1) is 0 Å². The summed E-state index contributed by atoms with van der Waals surface area (Å²) in [7, 11) is 0. The quantitative estimate of drug-likeness (QED) is 0.416. The van der Waals surface area contributed by atoms with Gasteiger partial charge in [-0.05, 0) is 45.4 Å². The maximum Gasteiger partial charge on any atom is 0.314 e. The van der Waals surface area contributed by atoms with Crippen LogP contribution in [-0.4, -0.2) is 30.3 Å². The molecule has 138 valence electrons. The van der Waals surface area contributed by atoms with Crippen molar-refractivity contribution in [3.05, 3.63) is 28.2 Å². The molecule has 0 aliphatic carbocycles. The van der Waals surface area contributed by atoms with Crippen LogP contribution < -0.4 is 10.2 Å². The van der Waals surface area contributed by atoms with Crippen LogP contribution in [0, 0.1) is 5.92 Å². The third-order valence-electron chi connectivity index (χ3n) is 3.39. The number of hydrogen-bond acceptors (Lipinski definition) is 5. The van der Waals surface area contributed by atoms with E-state index in [4.69, 9.17) is 32.7 Å². The molecule has 25 heavy (non-hydrogen) atoms. The number of nitrogens with one attached hydrogen (secondary N) is 1. The van der Waals surface area contributed by atoms with Crippen molar-refractivity contribution in [2.75, 3.05) is 6.61 Å². The van der Waals surface area contributed by atoms with E-state index < -0.39 is 17.9 Å². The Balaban J connectivity index is 2.68. The molecule has 8 heteroatoms. The predicted octanol–water partition coefficient (Wildman–Crippen LogP) is 3.84. The summed E-state index contributed by atoms with van der Waals surface area (Å²) >= 11 is 11.8. The highest BCUT2D eigenvalue weighted by Gasteiger charge is 2.22. The highest BCUT2D eigenvalue weighted by molar-refractivity contribution is 6.35. The summed E-state index contributed by atoms with van der Waals surface area (Å²) in [6, 6.07) is 4.72. The predicted molar refractivity (Wildman–Crippen MR) is 98.2 cm³/mol. The van der Waals surface area contributed by atoms with Crippen molar-refractivity contribution in [2.45, 2.75) is 40.2 Å². The van der Waals surface area contributed by atoms with E-state index in [0.29, 0.717) is 34.5 Å². The van der Waals surface area contributed by atoms with Crippen LogP contribution in [0.4, 0.5) is 0 Å². The lowest BCUT2D eigenvalue weighted by Crippen LogP contribution is -2.35. The first-order valence-electron chi connectivity index (χ1n) is 7.92. The van der Waals surface area contributed by atoms with Crippen LogP contribution in [-0.2, 0) is 14.3 Å². The van der Waals surface area contributed by atoms with E-state index in [1.54, 1.807) is 32.9 Å². The molecule has 0 aliphatic heterocycles. The fraction of sp³-hybridized carbons (Fsp3) is 0.471. The molecular formula is C17H22Cl2N2O4. The Morgan fingerprint density at radius 2 is 1.96 bits per heavy atom. The van der Waals surface area contributed by atoms with E-state index in [1.165, 1.54) is 6.07 Å². The van der Waals surface area contributed by atoms with Crippen LogP contribution in [0.5, 0.6) is 5.75 Å². The van der Waals surface area contributed by atoms with Gasteiger partial charge in [0.2, 0.25) is 0 Å². The summed E-state index contributed by atoms with van der Waals surface area (Å²) in [5, 5.41) is 4.76. The molecule has 0 saturated carbocycles. The minimum atomic E-state index is -0.835. The van der Waals surface area contributed by atoms with Gasteiger partial charge in [0.05, 0.1) is 17.5 Å². The average Bonchev–Trinajstić information content (AvgIpc) is 2.56. The van der Waals surface area contributed by atoms with Crippen LogP contribution >= 0.6 is 23.2 Å². The van der Waals surface area contributed by atoms with Crippen molar-refractivity contribution >= 4 is 40.8 Å². The van der Waals surface area contributed by atoms with Gasteiger partial charge in [0, 0.05) is 10.7 Å². The van der Waals surface area contributed by atoms with Crippen LogP contribution in [0.3, 0.4) is 0 Å². The summed E-state index contributed by atoms with van der Waals surface area (Å²) < 4.78 is 10.5. The zero-order valence-corrected chi connectivity index (χ0v) is 16.1. The van der Waals surface area contributed by atoms with Gasteiger partial charge >= 0.3 is 5.97 Å². The fourth-order valence-electron chi connectivity index (χ4n) is 2.00. The number of hydrazone groups is 1. The van der Waals surface area contributed by atoms with Crippen molar-refractivity contribution in [1.29, 1.82) is 0 Å². The minimum Gasteiger partial charge on any atom is -0.479 e. The molecule has 1 amide bonds. The van der Waals surface area contributed by atoms with E-state index in [0.717, 1.165) is 0 Å². The molecule has 0 fully saturated rings. The number of nitrogens with zero attached hydrogens (tertiary/aromatic N) is 1. The molecule has 0 radical (unpaired) electrons. The lowest BCUT2D eigenvalue weighted by molar-refractivity contribution is -0.145. The Morgan fingerprint density at radius 1 is 1.28 bits per heavy atom. The fourth-order valence-corrected chi connectivity index (χ4v) is 2.46. The number of halogens is 2.